The van der Waals surface area contributed by atoms with Gasteiger partial charge in [0.15, 0.2) is 5.13 Å². The summed E-state index contributed by atoms with van der Waals surface area (Å²) in [5.74, 6) is 0.925. The van der Waals surface area contributed by atoms with Gasteiger partial charge in [-0.2, -0.15) is 0 Å². The molecule has 0 bridgehead atoms. The molecule has 1 aromatic rings. The molecule has 0 saturated heterocycles. The lowest BCUT2D eigenvalue weighted by atomic mass is 9.89. The normalized spacial score (nSPS) is 17.8. The van der Waals surface area contributed by atoms with Crippen molar-refractivity contribution in [1.82, 2.24) is 9.88 Å². The molecule has 0 aliphatic heterocycles. The fraction of sp³-hybridized carbons (Fsp3) is 0.769. The van der Waals surface area contributed by atoms with Crippen molar-refractivity contribution in [3.8, 4) is 0 Å². The molecule has 17 heavy (non-hydrogen) atoms. The third kappa shape index (κ3) is 4.28. The second kappa shape index (κ2) is 6.36. The number of hydrogen-bond acceptors (Lipinski definition) is 4. The molecule has 3 nitrogen and oxygen atoms in total. The van der Waals surface area contributed by atoms with Gasteiger partial charge in [-0.1, -0.05) is 19.3 Å². The highest BCUT2D eigenvalue weighted by molar-refractivity contribution is 7.13. The number of rotatable bonds is 5. The van der Waals surface area contributed by atoms with Crippen LogP contribution in [0.15, 0.2) is 5.38 Å². The van der Waals surface area contributed by atoms with Crippen LogP contribution in [0, 0.1) is 5.92 Å². The van der Waals surface area contributed by atoms with E-state index in [4.69, 9.17) is 5.73 Å². The van der Waals surface area contributed by atoms with Crippen molar-refractivity contribution in [2.24, 2.45) is 5.92 Å². The monoisotopic (exact) mass is 253 g/mol. The Labute approximate surface area is 108 Å². The molecule has 0 amide bonds. The molecule has 2 N–H and O–H groups in total. The number of nitrogens with two attached hydrogens (primary N) is 1. The number of nitrogen functional groups attached to an aromatic ring is 1. The second-order valence-electron chi connectivity index (χ2n) is 5.19. The average Bonchev–Trinajstić information content (AvgIpc) is 2.74. The number of anilines is 1. The number of thiazole rings is 1. The number of likely N-dealkylation sites (N-methyl/N-ethyl adjacent to an activating group) is 1. The Morgan fingerprint density at radius 1 is 1.41 bits per heavy atom. The maximum atomic E-state index is 5.63. The zero-order valence-electron chi connectivity index (χ0n) is 10.7. The van der Waals surface area contributed by atoms with E-state index in [0.717, 1.165) is 24.6 Å². The zero-order chi connectivity index (χ0) is 12.1. The Bertz CT molecular complexity index is 331. The molecule has 1 heterocycles. The minimum absolute atomic E-state index is 0.690. The molecule has 0 unspecified atom stereocenters. The van der Waals surface area contributed by atoms with Gasteiger partial charge in [0.05, 0.1) is 5.69 Å². The Balaban J connectivity index is 1.68. The smallest absolute Gasteiger partial charge is 0.180 e. The quantitative estimate of drug-likeness (QED) is 0.877. The van der Waals surface area contributed by atoms with Crippen LogP contribution < -0.4 is 5.73 Å². The third-order valence-electron chi connectivity index (χ3n) is 3.61. The maximum Gasteiger partial charge on any atom is 0.180 e. The summed E-state index contributed by atoms with van der Waals surface area (Å²) in [4.78, 5) is 6.75. The zero-order valence-corrected chi connectivity index (χ0v) is 11.5. The van der Waals surface area contributed by atoms with E-state index < -0.39 is 0 Å². The highest BCUT2D eigenvalue weighted by Crippen LogP contribution is 2.24. The van der Waals surface area contributed by atoms with Crippen molar-refractivity contribution < 1.29 is 0 Å². The van der Waals surface area contributed by atoms with E-state index in [-0.39, 0.29) is 0 Å². The van der Waals surface area contributed by atoms with Gasteiger partial charge in [-0.3, -0.25) is 0 Å². The minimum atomic E-state index is 0.690. The van der Waals surface area contributed by atoms with Gasteiger partial charge in [-0.15, -0.1) is 11.3 Å². The average molecular weight is 253 g/mol. The topological polar surface area (TPSA) is 42.1 Å². The molecule has 1 aliphatic carbocycles. The van der Waals surface area contributed by atoms with Gasteiger partial charge >= 0.3 is 0 Å². The largest absolute Gasteiger partial charge is 0.375 e. The standard InChI is InChI=1S/C13H23N3S/c1-16(9-11-5-3-2-4-6-11)8-7-12-10-17-13(14)15-12/h10-11H,2-9H2,1H3,(H2,14,15). The summed E-state index contributed by atoms with van der Waals surface area (Å²) in [6, 6.07) is 0. The van der Waals surface area contributed by atoms with Gasteiger partial charge in [0.1, 0.15) is 0 Å². The first kappa shape index (κ1) is 12.8. The molecule has 0 aromatic carbocycles. The van der Waals surface area contributed by atoms with Crippen molar-refractivity contribution >= 4 is 16.5 Å². The number of aromatic nitrogens is 1. The maximum absolute atomic E-state index is 5.63. The summed E-state index contributed by atoms with van der Waals surface area (Å²) in [5.41, 5.74) is 6.77. The number of nitrogens with zero attached hydrogens (tertiary/aromatic N) is 2. The van der Waals surface area contributed by atoms with E-state index in [9.17, 15) is 0 Å². The third-order valence-corrected chi connectivity index (χ3v) is 4.34. The van der Waals surface area contributed by atoms with Crippen molar-refractivity contribution in [1.29, 1.82) is 0 Å². The van der Waals surface area contributed by atoms with Crippen LogP contribution >= 0.6 is 11.3 Å². The predicted molar refractivity (Wildman–Crippen MR) is 74.3 cm³/mol. The van der Waals surface area contributed by atoms with Crippen LogP contribution in [0.4, 0.5) is 5.13 Å². The van der Waals surface area contributed by atoms with Gasteiger partial charge < -0.3 is 10.6 Å². The van der Waals surface area contributed by atoms with Gasteiger partial charge in [0.2, 0.25) is 0 Å². The van der Waals surface area contributed by atoms with Crippen molar-refractivity contribution in [2.75, 3.05) is 25.9 Å². The predicted octanol–water partition coefficient (Wildman–Crippen LogP) is 2.78. The van der Waals surface area contributed by atoms with Crippen LogP contribution in [0.5, 0.6) is 0 Å². The van der Waals surface area contributed by atoms with Gasteiger partial charge in [0, 0.05) is 24.9 Å². The fourth-order valence-corrected chi connectivity index (χ4v) is 3.24. The Kier molecular flexibility index (Phi) is 4.80. The molecule has 0 spiro atoms. The first-order chi connectivity index (χ1) is 8.24. The van der Waals surface area contributed by atoms with Crippen LogP contribution in [0.3, 0.4) is 0 Å². The van der Waals surface area contributed by atoms with E-state index in [1.54, 1.807) is 0 Å². The van der Waals surface area contributed by atoms with Crippen LogP contribution in [0.2, 0.25) is 0 Å². The molecular weight excluding hydrogens is 230 g/mol. The van der Waals surface area contributed by atoms with Gasteiger partial charge in [0.25, 0.3) is 0 Å². The van der Waals surface area contributed by atoms with E-state index in [1.165, 1.54) is 50.0 Å². The first-order valence-electron chi connectivity index (χ1n) is 6.62. The summed E-state index contributed by atoms with van der Waals surface area (Å²) >= 11 is 1.54. The molecule has 0 atom stereocenters. The summed E-state index contributed by atoms with van der Waals surface area (Å²) in [7, 11) is 2.23. The van der Waals surface area contributed by atoms with E-state index in [0.29, 0.717) is 5.13 Å². The van der Waals surface area contributed by atoms with Gasteiger partial charge in [-0.05, 0) is 25.8 Å². The molecule has 1 saturated carbocycles. The Morgan fingerprint density at radius 3 is 2.82 bits per heavy atom. The lowest BCUT2D eigenvalue weighted by molar-refractivity contribution is 0.235. The van der Waals surface area contributed by atoms with Gasteiger partial charge in [-0.25, -0.2) is 4.98 Å². The minimum Gasteiger partial charge on any atom is -0.375 e. The number of hydrogen-bond donors (Lipinski definition) is 1. The highest BCUT2D eigenvalue weighted by Gasteiger charge is 2.15. The Hall–Kier alpha value is -0.610. The molecule has 96 valence electrons. The summed E-state index contributed by atoms with van der Waals surface area (Å²) in [6.45, 7) is 2.35. The SMILES string of the molecule is CN(CCc1csc(N)n1)CC1CCCCC1. The molecule has 1 fully saturated rings. The molecule has 0 radical (unpaired) electrons. The Morgan fingerprint density at radius 2 is 2.18 bits per heavy atom. The van der Waals surface area contributed by atoms with Crippen LogP contribution in [-0.4, -0.2) is 30.0 Å². The molecular formula is C13H23N3S. The fourth-order valence-electron chi connectivity index (χ4n) is 2.64. The second-order valence-corrected chi connectivity index (χ2v) is 6.08. The van der Waals surface area contributed by atoms with Crippen molar-refractivity contribution in [2.45, 2.75) is 38.5 Å². The molecule has 4 heteroatoms. The summed E-state index contributed by atoms with van der Waals surface area (Å²) in [5, 5.41) is 2.76. The molecule has 2 rings (SSSR count). The van der Waals surface area contributed by atoms with Crippen LogP contribution in [0.1, 0.15) is 37.8 Å². The summed E-state index contributed by atoms with van der Waals surface area (Å²) < 4.78 is 0. The lowest BCUT2D eigenvalue weighted by Gasteiger charge is -2.26. The van der Waals surface area contributed by atoms with E-state index >= 15 is 0 Å². The molecule has 1 aromatic heterocycles. The molecule has 1 aliphatic rings. The summed E-state index contributed by atoms with van der Waals surface area (Å²) in [6.07, 6.45) is 8.18. The van der Waals surface area contributed by atoms with E-state index in [1.807, 2.05) is 0 Å². The van der Waals surface area contributed by atoms with E-state index in [2.05, 4.69) is 22.3 Å². The lowest BCUT2D eigenvalue weighted by Crippen LogP contribution is -2.28. The van der Waals surface area contributed by atoms with Crippen molar-refractivity contribution in [3.05, 3.63) is 11.1 Å². The van der Waals surface area contributed by atoms with Crippen LogP contribution in [-0.2, 0) is 6.42 Å². The van der Waals surface area contributed by atoms with Crippen LogP contribution in [0.25, 0.3) is 0 Å². The highest BCUT2D eigenvalue weighted by atomic mass is 32.1. The first-order valence-corrected chi connectivity index (χ1v) is 7.50. The van der Waals surface area contributed by atoms with Crippen molar-refractivity contribution in [3.63, 3.8) is 0 Å².